The lowest BCUT2D eigenvalue weighted by Crippen LogP contribution is -2.16. The van der Waals surface area contributed by atoms with Gasteiger partial charge in [0.05, 0.1) is 5.69 Å². The van der Waals surface area contributed by atoms with E-state index in [0.717, 1.165) is 11.4 Å². The second-order valence-corrected chi connectivity index (χ2v) is 13.0. The van der Waals surface area contributed by atoms with Gasteiger partial charge in [-0.2, -0.15) is 0 Å². The van der Waals surface area contributed by atoms with Gasteiger partial charge in [0, 0.05) is 22.4 Å². The molecule has 1 aliphatic rings. The highest BCUT2D eigenvalue weighted by Gasteiger charge is 2.37. The molecule has 0 radical (unpaired) electrons. The topological polar surface area (TPSA) is 3.24 Å². The molecule has 0 aromatic heterocycles. The van der Waals surface area contributed by atoms with Crippen LogP contribution in [0, 0.1) is 0 Å². The van der Waals surface area contributed by atoms with Crippen LogP contribution in [-0.4, -0.2) is 0 Å². The van der Waals surface area contributed by atoms with E-state index in [4.69, 9.17) is 0 Å². The minimum atomic E-state index is -0.0736. The van der Waals surface area contributed by atoms with E-state index < -0.39 is 0 Å². The van der Waals surface area contributed by atoms with E-state index in [1.165, 1.54) is 71.4 Å². The molecule has 218 valence electrons. The first-order valence-electron chi connectivity index (χ1n) is 16.1. The summed E-state index contributed by atoms with van der Waals surface area (Å²) in [6.45, 7) is 4.70. The highest BCUT2D eigenvalue weighted by Crippen LogP contribution is 2.54. The highest BCUT2D eigenvalue weighted by atomic mass is 15.1. The van der Waals surface area contributed by atoms with Crippen LogP contribution in [0.15, 0.2) is 164 Å². The van der Waals surface area contributed by atoms with Gasteiger partial charge in [0.1, 0.15) is 0 Å². The van der Waals surface area contributed by atoms with Crippen molar-refractivity contribution in [3.05, 3.63) is 175 Å². The van der Waals surface area contributed by atoms with Gasteiger partial charge in [0.25, 0.3) is 0 Å². The SMILES string of the molecule is CC1(C)c2ccccc2-c2c(N(c3ccc(-c4ccccc4)cc3)c3ccc4c(ccc5c6ccccc6ccc45)c3)cccc21. The number of rotatable bonds is 4. The third kappa shape index (κ3) is 4.02. The lowest BCUT2D eigenvalue weighted by Gasteiger charge is -2.29. The number of hydrogen-bond donors (Lipinski definition) is 0. The Labute approximate surface area is 270 Å². The van der Waals surface area contributed by atoms with Gasteiger partial charge >= 0.3 is 0 Å². The van der Waals surface area contributed by atoms with Crippen LogP contribution in [0.25, 0.3) is 54.6 Å². The van der Waals surface area contributed by atoms with Crippen LogP contribution in [0.2, 0.25) is 0 Å². The van der Waals surface area contributed by atoms with Crippen molar-refractivity contribution in [2.24, 2.45) is 0 Å². The summed E-state index contributed by atoms with van der Waals surface area (Å²) >= 11 is 0. The molecule has 0 bridgehead atoms. The summed E-state index contributed by atoms with van der Waals surface area (Å²) in [4.78, 5) is 2.45. The molecule has 46 heavy (non-hydrogen) atoms. The summed E-state index contributed by atoms with van der Waals surface area (Å²) < 4.78 is 0. The van der Waals surface area contributed by atoms with E-state index in [9.17, 15) is 0 Å². The molecule has 1 nitrogen and oxygen atoms in total. The largest absolute Gasteiger partial charge is 0.310 e. The number of anilines is 3. The first-order chi connectivity index (χ1) is 22.6. The fraction of sp³-hybridized carbons (Fsp3) is 0.0667. The molecule has 0 aliphatic heterocycles. The van der Waals surface area contributed by atoms with Crippen LogP contribution in [0.5, 0.6) is 0 Å². The molecule has 0 unspecified atom stereocenters. The van der Waals surface area contributed by atoms with Crippen LogP contribution in [0.4, 0.5) is 17.1 Å². The third-order valence-electron chi connectivity index (χ3n) is 10.0. The standard InChI is InChI=1S/C45H33N/c1-45(2)41-16-9-8-15-40(41)44-42(45)17-10-18-43(44)46(34-23-19-31(20-24-34)30-11-4-3-5-12-30)35-25-28-37-33(29-35)22-27-38-36-14-7-6-13-32(36)21-26-39(37)38/h3-29H,1-2H3. The summed E-state index contributed by atoms with van der Waals surface area (Å²) in [6.07, 6.45) is 0. The highest BCUT2D eigenvalue weighted by molar-refractivity contribution is 6.17. The van der Waals surface area contributed by atoms with E-state index in [2.05, 4.69) is 183 Å². The van der Waals surface area contributed by atoms with Crippen molar-refractivity contribution in [1.82, 2.24) is 0 Å². The summed E-state index contributed by atoms with van der Waals surface area (Å²) in [7, 11) is 0. The van der Waals surface area contributed by atoms with Crippen molar-refractivity contribution >= 4 is 49.4 Å². The molecule has 1 heteroatoms. The van der Waals surface area contributed by atoms with E-state index in [1.54, 1.807) is 0 Å². The summed E-state index contributed by atoms with van der Waals surface area (Å²) in [5, 5.41) is 7.67. The average Bonchev–Trinajstić information content (AvgIpc) is 3.35. The van der Waals surface area contributed by atoms with Crippen molar-refractivity contribution in [3.63, 3.8) is 0 Å². The van der Waals surface area contributed by atoms with Gasteiger partial charge in [0.15, 0.2) is 0 Å². The first-order valence-corrected chi connectivity index (χ1v) is 16.1. The molecule has 0 spiro atoms. The molecule has 1 aliphatic carbocycles. The Bertz CT molecular complexity index is 2430. The smallest absolute Gasteiger partial charge is 0.0543 e. The molecular weight excluding hydrogens is 555 g/mol. The predicted octanol–water partition coefficient (Wildman–Crippen LogP) is 12.6. The predicted molar refractivity (Wildman–Crippen MR) is 197 cm³/mol. The molecule has 9 rings (SSSR count). The Hall–Kier alpha value is -5.66. The summed E-state index contributed by atoms with van der Waals surface area (Å²) in [6, 6.07) is 60.2. The van der Waals surface area contributed by atoms with E-state index >= 15 is 0 Å². The van der Waals surface area contributed by atoms with Crippen molar-refractivity contribution in [2.45, 2.75) is 19.3 Å². The Balaban J connectivity index is 1.27. The molecule has 0 atom stereocenters. The van der Waals surface area contributed by atoms with Crippen molar-refractivity contribution in [3.8, 4) is 22.3 Å². The van der Waals surface area contributed by atoms with Gasteiger partial charge in [-0.25, -0.2) is 0 Å². The van der Waals surface area contributed by atoms with E-state index in [-0.39, 0.29) is 5.41 Å². The van der Waals surface area contributed by atoms with Crippen LogP contribution in [-0.2, 0) is 5.41 Å². The second kappa shape index (κ2) is 10.2. The zero-order valence-electron chi connectivity index (χ0n) is 26.0. The maximum absolute atomic E-state index is 2.45. The Kier molecular flexibility index (Phi) is 5.92. The fourth-order valence-electron chi connectivity index (χ4n) is 7.74. The van der Waals surface area contributed by atoms with Crippen LogP contribution in [0.3, 0.4) is 0 Å². The quantitative estimate of drug-likeness (QED) is 0.185. The maximum Gasteiger partial charge on any atom is 0.0543 e. The zero-order chi connectivity index (χ0) is 30.8. The van der Waals surface area contributed by atoms with Gasteiger partial charge in [-0.1, -0.05) is 147 Å². The number of benzene rings is 8. The molecule has 8 aromatic carbocycles. The lowest BCUT2D eigenvalue weighted by atomic mass is 9.82. The maximum atomic E-state index is 2.45. The molecule has 0 saturated heterocycles. The minimum absolute atomic E-state index is 0.0736. The van der Waals surface area contributed by atoms with Crippen molar-refractivity contribution in [2.75, 3.05) is 4.90 Å². The Morgan fingerprint density at radius 2 is 1.02 bits per heavy atom. The molecule has 0 heterocycles. The number of nitrogens with zero attached hydrogens (tertiary/aromatic N) is 1. The van der Waals surface area contributed by atoms with Crippen molar-refractivity contribution in [1.29, 1.82) is 0 Å². The lowest BCUT2D eigenvalue weighted by molar-refractivity contribution is 0.660. The number of hydrogen-bond acceptors (Lipinski definition) is 1. The molecule has 8 aromatic rings. The van der Waals surface area contributed by atoms with Gasteiger partial charge in [-0.15, -0.1) is 0 Å². The molecule has 0 N–H and O–H groups in total. The number of fused-ring (bicyclic) bond motifs is 8. The molecular formula is C45H33N. The zero-order valence-corrected chi connectivity index (χ0v) is 26.0. The minimum Gasteiger partial charge on any atom is -0.310 e. The first kappa shape index (κ1) is 26.7. The normalized spacial score (nSPS) is 13.2. The molecule has 0 fully saturated rings. The molecule has 0 amide bonds. The van der Waals surface area contributed by atoms with Crippen LogP contribution >= 0.6 is 0 Å². The molecule has 0 saturated carbocycles. The summed E-state index contributed by atoms with van der Waals surface area (Å²) in [5.41, 5.74) is 11.3. The second-order valence-electron chi connectivity index (χ2n) is 13.0. The average molecular weight is 588 g/mol. The van der Waals surface area contributed by atoms with Crippen LogP contribution in [0.1, 0.15) is 25.0 Å². The van der Waals surface area contributed by atoms with Crippen LogP contribution < -0.4 is 4.90 Å². The van der Waals surface area contributed by atoms with E-state index in [1.807, 2.05) is 0 Å². The van der Waals surface area contributed by atoms with Gasteiger partial charge in [0.2, 0.25) is 0 Å². The third-order valence-corrected chi connectivity index (χ3v) is 10.0. The van der Waals surface area contributed by atoms with Gasteiger partial charge in [-0.3, -0.25) is 0 Å². The summed E-state index contributed by atoms with van der Waals surface area (Å²) in [5.74, 6) is 0. The van der Waals surface area contributed by atoms with Gasteiger partial charge in [-0.05, 0) is 90.5 Å². The van der Waals surface area contributed by atoms with Crippen molar-refractivity contribution < 1.29 is 0 Å². The Morgan fingerprint density at radius 3 is 1.85 bits per heavy atom. The monoisotopic (exact) mass is 587 g/mol. The Morgan fingerprint density at radius 1 is 0.413 bits per heavy atom. The van der Waals surface area contributed by atoms with Gasteiger partial charge < -0.3 is 4.90 Å². The fourth-order valence-corrected chi connectivity index (χ4v) is 7.74. The van der Waals surface area contributed by atoms with E-state index in [0.29, 0.717) is 0 Å².